The molecule has 0 aliphatic carbocycles. The first kappa shape index (κ1) is 32.5. The Kier molecular flexibility index (Phi) is 11.4. The molecule has 3 rings (SSSR count). The molecular weight excluding hydrogens is 554 g/mol. The van der Waals surface area contributed by atoms with Crippen molar-refractivity contribution < 1.29 is 27.5 Å². The van der Waals surface area contributed by atoms with Crippen LogP contribution >= 0.6 is 0 Å². The van der Waals surface area contributed by atoms with Crippen molar-refractivity contribution in [1.29, 1.82) is 0 Å². The minimum Gasteiger partial charge on any atom is -0.493 e. The fraction of sp³-hybridized carbons (Fsp3) is 0.375. The number of anilines is 1. The number of ether oxygens (including phenoxy) is 2. The Hall–Kier alpha value is -4.05. The molecule has 0 bridgehead atoms. The molecule has 0 unspecified atom stereocenters. The molecule has 42 heavy (non-hydrogen) atoms. The molecule has 3 aromatic carbocycles. The summed E-state index contributed by atoms with van der Waals surface area (Å²) in [4.78, 5) is 28.8. The standard InChI is InChI=1S/C32H41N3O6S/c1-7-18-33-32(37)28(8-2)34(21-25-11-9-10-24(4)19-25)31(36)22-35(26-14-12-23(3)13-15-26)42(38,39)27-16-17-29(40-5)30(20-27)41-6/h9-17,19-20,28H,7-8,18,21-22H2,1-6H3,(H,33,37)/t28-/m0/s1. The van der Waals surface area contributed by atoms with Crippen molar-refractivity contribution in [3.8, 4) is 11.5 Å². The molecule has 2 amide bonds. The van der Waals surface area contributed by atoms with Crippen LogP contribution in [-0.2, 0) is 26.2 Å². The van der Waals surface area contributed by atoms with Gasteiger partial charge >= 0.3 is 0 Å². The molecule has 0 aliphatic heterocycles. The maximum absolute atomic E-state index is 14.2. The van der Waals surface area contributed by atoms with E-state index in [0.29, 0.717) is 24.4 Å². The van der Waals surface area contributed by atoms with Crippen molar-refractivity contribution >= 4 is 27.5 Å². The second-order valence-corrected chi connectivity index (χ2v) is 12.0. The first-order chi connectivity index (χ1) is 20.0. The Morgan fingerprint density at radius 1 is 0.881 bits per heavy atom. The lowest BCUT2D eigenvalue weighted by Gasteiger charge is -2.33. The van der Waals surface area contributed by atoms with E-state index in [-0.39, 0.29) is 23.1 Å². The number of nitrogens with one attached hydrogen (secondary N) is 1. The number of benzene rings is 3. The maximum atomic E-state index is 14.2. The van der Waals surface area contributed by atoms with Gasteiger partial charge in [0.2, 0.25) is 11.8 Å². The van der Waals surface area contributed by atoms with Gasteiger partial charge in [-0.15, -0.1) is 0 Å². The lowest BCUT2D eigenvalue weighted by atomic mass is 10.1. The normalized spacial score (nSPS) is 11.9. The highest BCUT2D eigenvalue weighted by Crippen LogP contribution is 2.32. The number of aryl methyl sites for hydroxylation is 2. The van der Waals surface area contributed by atoms with Crippen LogP contribution in [-0.4, -0.2) is 58.5 Å². The van der Waals surface area contributed by atoms with Gasteiger partial charge in [-0.05, 0) is 56.5 Å². The summed E-state index contributed by atoms with van der Waals surface area (Å²) in [6.07, 6.45) is 1.11. The largest absolute Gasteiger partial charge is 0.493 e. The third-order valence-electron chi connectivity index (χ3n) is 6.91. The lowest BCUT2D eigenvalue weighted by molar-refractivity contribution is -0.140. The Balaban J connectivity index is 2.09. The van der Waals surface area contributed by atoms with Crippen molar-refractivity contribution in [3.05, 3.63) is 83.4 Å². The summed E-state index contributed by atoms with van der Waals surface area (Å²) in [5.41, 5.74) is 3.12. The first-order valence-corrected chi connectivity index (χ1v) is 15.4. The molecule has 0 saturated carbocycles. The van der Waals surface area contributed by atoms with E-state index in [2.05, 4.69) is 5.32 Å². The van der Waals surface area contributed by atoms with Crippen LogP contribution in [0.25, 0.3) is 0 Å². The van der Waals surface area contributed by atoms with Gasteiger partial charge < -0.3 is 19.7 Å². The van der Waals surface area contributed by atoms with Crippen molar-refractivity contribution in [3.63, 3.8) is 0 Å². The molecule has 0 heterocycles. The SMILES string of the molecule is CCCNC(=O)[C@H](CC)N(Cc1cccc(C)c1)C(=O)CN(c1ccc(C)cc1)S(=O)(=O)c1ccc(OC)c(OC)c1. The van der Waals surface area contributed by atoms with Crippen LogP contribution < -0.4 is 19.1 Å². The number of carbonyl (C=O) groups excluding carboxylic acids is 2. The highest BCUT2D eigenvalue weighted by atomic mass is 32.2. The number of methoxy groups -OCH3 is 2. The molecule has 0 aliphatic rings. The van der Waals surface area contributed by atoms with Gasteiger partial charge in [0, 0.05) is 19.2 Å². The zero-order chi connectivity index (χ0) is 30.9. The summed E-state index contributed by atoms with van der Waals surface area (Å²) < 4.78 is 40.0. The summed E-state index contributed by atoms with van der Waals surface area (Å²) in [6.45, 7) is 7.76. The van der Waals surface area contributed by atoms with Crippen LogP contribution in [0.15, 0.2) is 71.6 Å². The Morgan fingerprint density at radius 3 is 2.17 bits per heavy atom. The molecule has 0 aromatic heterocycles. The molecule has 0 saturated heterocycles. The highest BCUT2D eigenvalue weighted by Gasteiger charge is 2.34. The second kappa shape index (κ2) is 14.7. The van der Waals surface area contributed by atoms with E-state index in [4.69, 9.17) is 9.47 Å². The molecule has 9 nitrogen and oxygen atoms in total. The zero-order valence-corrected chi connectivity index (χ0v) is 26.0. The van der Waals surface area contributed by atoms with Crippen LogP contribution in [0, 0.1) is 13.8 Å². The van der Waals surface area contributed by atoms with E-state index in [1.165, 1.54) is 37.3 Å². The average molecular weight is 596 g/mol. The quantitative estimate of drug-likeness (QED) is 0.286. The van der Waals surface area contributed by atoms with E-state index in [0.717, 1.165) is 27.4 Å². The molecule has 226 valence electrons. The molecule has 1 atom stereocenters. The molecular formula is C32H41N3O6S. The van der Waals surface area contributed by atoms with Crippen LogP contribution in [0.1, 0.15) is 43.4 Å². The molecule has 0 spiro atoms. The fourth-order valence-electron chi connectivity index (χ4n) is 4.64. The number of nitrogens with zero attached hydrogens (tertiary/aromatic N) is 2. The third kappa shape index (κ3) is 7.82. The molecule has 1 N–H and O–H groups in total. The smallest absolute Gasteiger partial charge is 0.264 e. The molecule has 3 aromatic rings. The van der Waals surface area contributed by atoms with Crippen molar-refractivity contribution in [2.24, 2.45) is 0 Å². The Bertz CT molecular complexity index is 1470. The van der Waals surface area contributed by atoms with Crippen molar-refractivity contribution in [2.75, 3.05) is 31.6 Å². The molecule has 0 fully saturated rings. The molecule has 0 radical (unpaired) electrons. The topological polar surface area (TPSA) is 105 Å². The zero-order valence-electron chi connectivity index (χ0n) is 25.2. The first-order valence-electron chi connectivity index (χ1n) is 14.0. The van der Waals surface area contributed by atoms with E-state index in [1.54, 1.807) is 24.3 Å². The Labute approximate surface area is 249 Å². The van der Waals surface area contributed by atoms with Gasteiger partial charge in [0.05, 0.1) is 24.8 Å². The van der Waals surface area contributed by atoms with Crippen LogP contribution in [0.5, 0.6) is 11.5 Å². The third-order valence-corrected chi connectivity index (χ3v) is 8.68. The number of hydrogen-bond acceptors (Lipinski definition) is 6. The minimum atomic E-state index is -4.25. The number of carbonyl (C=O) groups is 2. The van der Waals surface area contributed by atoms with Gasteiger partial charge in [-0.25, -0.2) is 8.42 Å². The maximum Gasteiger partial charge on any atom is 0.264 e. The van der Waals surface area contributed by atoms with E-state index >= 15 is 0 Å². The number of sulfonamides is 1. The predicted octanol–water partition coefficient (Wildman–Crippen LogP) is 4.85. The van der Waals surface area contributed by atoms with Gasteiger partial charge in [0.1, 0.15) is 12.6 Å². The van der Waals surface area contributed by atoms with Crippen LogP contribution in [0.2, 0.25) is 0 Å². The monoisotopic (exact) mass is 595 g/mol. The van der Waals surface area contributed by atoms with Crippen LogP contribution in [0.4, 0.5) is 5.69 Å². The fourth-order valence-corrected chi connectivity index (χ4v) is 6.07. The minimum absolute atomic E-state index is 0.0634. The van der Waals surface area contributed by atoms with Gasteiger partial charge in [-0.2, -0.15) is 0 Å². The summed E-state index contributed by atoms with van der Waals surface area (Å²) >= 11 is 0. The van der Waals surface area contributed by atoms with Gasteiger partial charge in [0.25, 0.3) is 10.0 Å². The second-order valence-electron chi connectivity index (χ2n) is 10.1. The van der Waals surface area contributed by atoms with Gasteiger partial charge in [-0.1, -0.05) is 61.4 Å². The van der Waals surface area contributed by atoms with Gasteiger partial charge in [0.15, 0.2) is 11.5 Å². The number of hydrogen-bond donors (Lipinski definition) is 1. The van der Waals surface area contributed by atoms with E-state index < -0.39 is 28.5 Å². The van der Waals surface area contributed by atoms with Crippen molar-refractivity contribution in [2.45, 2.75) is 58.0 Å². The summed E-state index contributed by atoms with van der Waals surface area (Å²) in [6, 6.07) is 18.1. The van der Waals surface area contributed by atoms with Crippen LogP contribution in [0.3, 0.4) is 0 Å². The number of rotatable bonds is 14. The molecule has 10 heteroatoms. The predicted molar refractivity (Wildman–Crippen MR) is 164 cm³/mol. The lowest BCUT2D eigenvalue weighted by Crippen LogP contribution is -2.52. The van der Waals surface area contributed by atoms with Crippen molar-refractivity contribution in [1.82, 2.24) is 10.2 Å². The number of amides is 2. The summed E-state index contributed by atoms with van der Waals surface area (Å²) in [5, 5.41) is 2.90. The summed E-state index contributed by atoms with van der Waals surface area (Å²) in [7, 11) is -1.36. The summed E-state index contributed by atoms with van der Waals surface area (Å²) in [5.74, 6) is -0.152. The van der Waals surface area contributed by atoms with Gasteiger partial charge in [-0.3, -0.25) is 13.9 Å². The van der Waals surface area contributed by atoms with E-state index in [9.17, 15) is 18.0 Å². The van der Waals surface area contributed by atoms with E-state index in [1.807, 2.05) is 52.0 Å². The Morgan fingerprint density at radius 2 is 1.57 bits per heavy atom. The highest BCUT2D eigenvalue weighted by molar-refractivity contribution is 7.92. The average Bonchev–Trinajstić information content (AvgIpc) is 2.98.